The second-order valence-electron chi connectivity index (χ2n) is 4.19. The standard InChI is InChI=1S/C13H17FN/c1-2-15-8-4-6-12(10-15)11-5-3-7-13(14)9-11/h3,5,7,12H,2,4,6,8,10H2,1H3. The molecule has 0 aromatic heterocycles. The monoisotopic (exact) mass is 206 g/mol. The molecule has 1 atom stereocenters. The number of likely N-dealkylation sites (tertiary alicyclic amines) is 1. The summed E-state index contributed by atoms with van der Waals surface area (Å²) in [5.41, 5.74) is 1.04. The van der Waals surface area contributed by atoms with Crippen LogP contribution in [0.4, 0.5) is 4.39 Å². The number of piperidine rings is 1. The zero-order valence-corrected chi connectivity index (χ0v) is 9.17. The van der Waals surface area contributed by atoms with Gasteiger partial charge < -0.3 is 4.90 Å². The molecule has 1 fully saturated rings. The molecule has 1 radical (unpaired) electrons. The summed E-state index contributed by atoms with van der Waals surface area (Å²) < 4.78 is 13.0. The molecule has 1 aliphatic heterocycles. The first-order valence-electron chi connectivity index (χ1n) is 5.69. The first-order valence-corrected chi connectivity index (χ1v) is 5.69. The van der Waals surface area contributed by atoms with Crippen molar-refractivity contribution in [2.24, 2.45) is 0 Å². The predicted octanol–water partition coefficient (Wildman–Crippen LogP) is 2.83. The van der Waals surface area contributed by atoms with Crippen LogP contribution in [0.25, 0.3) is 0 Å². The van der Waals surface area contributed by atoms with Gasteiger partial charge >= 0.3 is 0 Å². The van der Waals surface area contributed by atoms with E-state index in [4.69, 9.17) is 0 Å². The SMILES string of the molecule is CCN1CCCC(c2[c]c(F)ccc2)C1. The largest absolute Gasteiger partial charge is 0.303 e. The van der Waals surface area contributed by atoms with Crippen molar-refractivity contribution in [3.8, 4) is 0 Å². The molecule has 1 aromatic rings. The summed E-state index contributed by atoms with van der Waals surface area (Å²) in [6, 6.07) is 8.07. The van der Waals surface area contributed by atoms with Gasteiger partial charge in [-0.15, -0.1) is 0 Å². The van der Waals surface area contributed by atoms with Crippen LogP contribution in [-0.2, 0) is 0 Å². The fourth-order valence-corrected chi connectivity index (χ4v) is 2.29. The van der Waals surface area contributed by atoms with Crippen LogP contribution < -0.4 is 0 Å². The van der Waals surface area contributed by atoms with Gasteiger partial charge in [-0.2, -0.15) is 0 Å². The van der Waals surface area contributed by atoms with Crippen molar-refractivity contribution in [1.82, 2.24) is 4.90 Å². The van der Waals surface area contributed by atoms with Crippen molar-refractivity contribution >= 4 is 0 Å². The Hall–Kier alpha value is -0.890. The third kappa shape index (κ3) is 2.57. The number of hydrogen-bond acceptors (Lipinski definition) is 1. The highest BCUT2D eigenvalue weighted by atomic mass is 19.1. The van der Waals surface area contributed by atoms with Crippen molar-refractivity contribution in [1.29, 1.82) is 0 Å². The molecule has 0 amide bonds. The molecule has 81 valence electrons. The predicted molar refractivity (Wildman–Crippen MR) is 59.3 cm³/mol. The Kier molecular flexibility index (Phi) is 3.37. The minimum absolute atomic E-state index is 0.235. The zero-order valence-electron chi connectivity index (χ0n) is 9.17. The van der Waals surface area contributed by atoms with E-state index in [2.05, 4.69) is 17.9 Å². The molecule has 1 heterocycles. The van der Waals surface area contributed by atoms with Crippen molar-refractivity contribution in [3.63, 3.8) is 0 Å². The van der Waals surface area contributed by atoms with Crippen LogP contribution in [0.2, 0.25) is 0 Å². The molecule has 15 heavy (non-hydrogen) atoms. The van der Waals surface area contributed by atoms with E-state index in [0.717, 1.165) is 25.1 Å². The van der Waals surface area contributed by atoms with Crippen LogP contribution in [0.1, 0.15) is 31.2 Å². The highest BCUT2D eigenvalue weighted by Gasteiger charge is 2.20. The molecule has 1 aliphatic rings. The van der Waals surface area contributed by atoms with Gasteiger partial charge in [-0.05, 0) is 43.5 Å². The maximum Gasteiger partial charge on any atom is 0.131 e. The Balaban J connectivity index is 2.09. The Bertz CT molecular complexity index is 324. The molecule has 0 N–H and O–H groups in total. The molecule has 0 saturated carbocycles. The number of hydrogen-bond donors (Lipinski definition) is 0. The Morgan fingerprint density at radius 1 is 1.53 bits per heavy atom. The molecule has 2 heteroatoms. The molecule has 1 saturated heterocycles. The Morgan fingerprint density at radius 3 is 3.13 bits per heavy atom. The third-order valence-electron chi connectivity index (χ3n) is 3.17. The first-order chi connectivity index (χ1) is 7.29. The van der Waals surface area contributed by atoms with Crippen LogP contribution in [0.5, 0.6) is 0 Å². The van der Waals surface area contributed by atoms with Crippen molar-refractivity contribution in [3.05, 3.63) is 35.6 Å². The quantitative estimate of drug-likeness (QED) is 0.719. The second kappa shape index (κ2) is 4.75. The van der Waals surface area contributed by atoms with Crippen molar-refractivity contribution in [2.75, 3.05) is 19.6 Å². The zero-order chi connectivity index (χ0) is 10.7. The summed E-state index contributed by atoms with van der Waals surface area (Å²) >= 11 is 0. The van der Waals surface area contributed by atoms with Crippen molar-refractivity contribution < 1.29 is 4.39 Å². The van der Waals surface area contributed by atoms with Gasteiger partial charge in [0.25, 0.3) is 0 Å². The highest BCUT2D eigenvalue weighted by molar-refractivity contribution is 5.20. The van der Waals surface area contributed by atoms with Gasteiger partial charge in [0.05, 0.1) is 0 Å². The van der Waals surface area contributed by atoms with E-state index in [1.807, 2.05) is 6.07 Å². The molecule has 1 aromatic carbocycles. The molecule has 0 spiro atoms. The summed E-state index contributed by atoms with van der Waals surface area (Å²) in [5, 5.41) is 0. The molecule has 0 bridgehead atoms. The fourth-order valence-electron chi connectivity index (χ4n) is 2.29. The van der Waals surface area contributed by atoms with Crippen LogP contribution in [0, 0.1) is 11.9 Å². The smallest absolute Gasteiger partial charge is 0.131 e. The summed E-state index contributed by atoms with van der Waals surface area (Å²) in [7, 11) is 0. The molecule has 2 rings (SSSR count). The normalized spacial score (nSPS) is 22.9. The van der Waals surface area contributed by atoms with Crippen LogP contribution in [0.15, 0.2) is 18.2 Å². The third-order valence-corrected chi connectivity index (χ3v) is 3.17. The van der Waals surface area contributed by atoms with Crippen LogP contribution in [0.3, 0.4) is 0 Å². The molecular weight excluding hydrogens is 189 g/mol. The lowest BCUT2D eigenvalue weighted by Crippen LogP contribution is -2.34. The van der Waals surface area contributed by atoms with E-state index in [9.17, 15) is 4.39 Å². The van der Waals surface area contributed by atoms with Gasteiger partial charge in [0.15, 0.2) is 0 Å². The molecule has 1 nitrogen and oxygen atoms in total. The van der Waals surface area contributed by atoms with Gasteiger partial charge in [-0.3, -0.25) is 0 Å². The van der Waals surface area contributed by atoms with Gasteiger partial charge in [0.1, 0.15) is 5.82 Å². The number of nitrogens with zero attached hydrogens (tertiary/aromatic N) is 1. The minimum Gasteiger partial charge on any atom is -0.303 e. The topological polar surface area (TPSA) is 3.24 Å². The Morgan fingerprint density at radius 2 is 2.40 bits per heavy atom. The van der Waals surface area contributed by atoms with E-state index >= 15 is 0 Å². The summed E-state index contributed by atoms with van der Waals surface area (Å²) in [4.78, 5) is 2.42. The van der Waals surface area contributed by atoms with Gasteiger partial charge in [0, 0.05) is 12.6 Å². The van der Waals surface area contributed by atoms with E-state index < -0.39 is 0 Å². The average molecular weight is 206 g/mol. The Labute approximate surface area is 90.9 Å². The van der Waals surface area contributed by atoms with Crippen LogP contribution >= 0.6 is 0 Å². The van der Waals surface area contributed by atoms with Crippen LogP contribution in [-0.4, -0.2) is 24.5 Å². The summed E-state index contributed by atoms with van der Waals surface area (Å²) in [6.45, 7) is 5.50. The second-order valence-corrected chi connectivity index (χ2v) is 4.19. The molecule has 0 aliphatic carbocycles. The lowest BCUT2D eigenvalue weighted by molar-refractivity contribution is 0.217. The molecule has 1 unspecified atom stereocenters. The van der Waals surface area contributed by atoms with E-state index in [0.29, 0.717) is 5.92 Å². The number of likely N-dealkylation sites (N-methyl/N-ethyl adjacent to an activating group) is 1. The van der Waals surface area contributed by atoms with Gasteiger partial charge in [0.2, 0.25) is 0 Å². The van der Waals surface area contributed by atoms with Gasteiger partial charge in [-0.1, -0.05) is 19.1 Å². The number of benzene rings is 1. The maximum absolute atomic E-state index is 13.0. The molecular formula is C13H17FN. The van der Waals surface area contributed by atoms with E-state index in [-0.39, 0.29) is 5.82 Å². The maximum atomic E-state index is 13.0. The average Bonchev–Trinajstić information content (AvgIpc) is 2.29. The first kappa shape index (κ1) is 10.6. The fraction of sp³-hybridized carbons (Fsp3) is 0.538. The van der Waals surface area contributed by atoms with E-state index in [1.54, 1.807) is 6.07 Å². The minimum atomic E-state index is -0.235. The highest BCUT2D eigenvalue weighted by Crippen LogP contribution is 2.26. The lowest BCUT2D eigenvalue weighted by Gasteiger charge is -2.31. The summed E-state index contributed by atoms with van der Waals surface area (Å²) in [5.74, 6) is 0.232. The van der Waals surface area contributed by atoms with Crippen molar-refractivity contribution in [2.45, 2.75) is 25.7 Å². The van der Waals surface area contributed by atoms with Gasteiger partial charge in [-0.25, -0.2) is 4.39 Å². The van der Waals surface area contributed by atoms with E-state index in [1.165, 1.54) is 19.0 Å². The summed E-state index contributed by atoms with van der Waals surface area (Å²) in [6.07, 6.45) is 2.37. The lowest BCUT2D eigenvalue weighted by atomic mass is 9.90. The number of halogens is 1. The number of rotatable bonds is 2.